The topological polar surface area (TPSA) is 50.4 Å². The molecule has 1 amide bonds. The highest BCUT2D eigenvalue weighted by atomic mass is 16.7. The average molecular weight is 391 g/mol. The number of anilines is 1. The summed E-state index contributed by atoms with van der Waals surface area (Å²) < 4.78 is 0. The molecule has 1 aliphatic carbocycles. The summed E-state index contributed by atoms with van der Waals surface area (Å²) in [4.78, 5) is 18.7. The lowest BCUT2D eigenvalue weighted by Gasteiger charge is -2.33. The number of rotatable bonds is 3. The maximum absolute atomic E-state index is 12.8. The number of benzene rings is 2. The Balaban J connectivity index is 1.35. The van der Waals surface area contributed by atoms with Crippen LogP contribution in [0.1, 0.15) is 57.6 Å². The van der Waals surface area contributed by atoms with Gasteiger partial charge in [0.25, 0.3) is 0 Å². The largest absolute Gasteiger partial charge is 0.326 e. The first kappa shape index (κ1) is 19.7. The van der Waals surface area contributed by atoms with Crippen LogP contribution >= 0.6 is 0 Å². The summed E-state index contributed by atoms with van der Waals surface area (Å²) in [5.74, 6) is 0.141. The van der Waals surface area contributed by atoms with Crippen molar-refractivity contribution in [3.8, 4) is 0 Å². The number of hydroxylamine groups is 1. The van der Waals surface area contributed by atoms with Crippen LogP contribution in [0, 0.1) is 5.92 Å². The van der Waals surface area contributed by atoms with E-state index in [-0.39, 0.29) is 22.8 Å². The zero-order chi connectivity index (χ0) is 20.5. The first-order valence-electron chi connectivity index (χ1n) is 10.5. The molecule has 4 nitrogen and oxygen atoms in total. The zero-order valence-electron chi connectivity index (χ0n) is 17.5. The van der Waals surface area contributed by atoms with Crippen molar-refractivity contribution in [1.82, 2.24) is 5.48 Å². The first-order chi connectivity index (χ1) is 13.8. The molecule has 1 heterocycles. The Hall–Kier alpha value is -2.59. The lowest BCUT2D eigenvalue weighted by molar-refractivity contribution is -0.123. The monoisotopic (exact) mass is 390 g/mol. The van der Waals surface area contributed by atoms with Gasteiger partial charge in [0, 0.05) is 11.6 Å². The number of hydrogen-bond acceptors (Lipinski definition) is 3. The molecule has 2 N–H and O–H groups in total. The fraction of sp³-hybridized carbons (Fsp3) is 0.400. The Bertz CT molecular complexity index is 887. The molecule has 2 aromatic carbocycles. The summed E-state index contributed by atoms with van der Waals surface area (Å²) in [6.45, 7) is 6.57. The van der Waals surface area contributed by atoms with Gasteiger partial charge in [-0.15, -0.1) is 0 Å². The van der Waals surface area contributed by atoms with E-state index in [1.807, 2.05) is 30.3 Å². The third-order valence-corrected chi connectivity index (χ3v) is 6.08. The lowest BCUT2D eigenvalue weighted by Crippen LogP contribution is -2.37. The van der Waals surface area contributed by atoms with Gasteiger partial charge in [-0.25, -0.2) is 0 Å². The molecule has 2 aromatic rings. The van der Waals surface area contributed by atoms with Gasteiger partial charge in [0.2, 0.25) is 5.91 Å². The Kier molecular flexibility index (Phi) is 5.22. The normalized spacial score (nSPS) is 24.1. The van der Waals surface area contributed by atoms with Crippen LogP contribution in [-0.2, 0) is 15.0 Å². The molecule has 2 aliphatic rings. The fourth-order valence-corrected chi connectivity index (χ4v) is 4.15. The van der Waals surface area contributed by atoms with Gasteiger partial charge in [-0.05, 0) is 60.4 Å². The van der Waals surface area contributed by atoms with Gasteiger partial charge in [-0.1, -0.05) is 63.2 Å². The van der Waals surface area contributed by atoms with Crippen LogP contribution in [0.25, 0.3) is 5.70 Å². The number of hydrogen-bond donors (Lipinski definition) is 2. The van der Waals surface area contributed by atoms with E-state index in [2.05, 4.69) is 61.9 Å². The van der Waals surface area contributed by atoms with Crippen molar-refractivity contribution in [3.05, 3.63) is 71.8 Å². The second-order valence-electron chi connectivity index (χ2n) is 9.28. The molecule has 152 valence electrons. The minimum absolute atomic E-state index is 0.0284. The van der Waals surface area contributed by atoms with Crippen LogP contribution in [0.4, 0.5) is 5.69 Å². The van der Waals surface area contributed by atoms with Crippen molar-refractivity contribution >= 4 is 17.3 Å². The quantitative estimate of drug-likeness (QED) is 0.735. The standard InChI is InChI=1S/C25H30N2O2/c1-24(2,3)20-9-11-21(12-10-20)26-23(28)19-13-15-25(16-14-19)17-22(27-29-25)18-7-5-4-6-8-18/h4-12,17,19,27H,13-16H2,1-3H3,(H,26,28). The van der Waals surface area contributed by atoms with Crippen molar-refractivity contribution in [2.24, 2.45) is 5.92 Å². The summed E-state index contributed by atoms with van der Waals surface area (Å²) in [5, 5.41) is 3.09. The summed E-state index contributed by atoms with van der Waals surface area (Å²) in [6.07, 6.45) is 5.54. The second-order valence-corrected chi connectivity index (χ2v) is 9.28. The van der Waals surface area contributed by atoms with E-state index < -0.39 is 0 Å². The van der Waals surface area contributed by atoms with Gasteiger partial charge in [0.05, 0.1) is 5.70 Å². The minimum Gasteiger partial charge on any atom is -0.326 e. The molecule has 0 radical (unpaired) electrons. The van der Waals surface area contributed by atoms with Crippen molar-refractivity contribution in [3.63, 3.8) is 0 Å². The number of carbonyl (C=O) groups excluding carboxylic acids is 1. The predicted molar refractivity (Wildman–Crippen MR) is 117 cm³/mol. The van der Waals surface area contributed by atoms with Gasteiger partial charge in [0.15, 0.2) is 0 Å². The Labute approximate surface area is 173 Å². The van der Waals surface area contributed by atoms with Gasteiger partial charge < -0.3 is 5.32 Å². The molecule has 1 spiro atoms. The van der Waals surface area contributed by atoms with Crippen molar-refractivity contribution < 1.29 is 9.63 Å². The van der Waals surface area contributed by atoms with E-state index >= 15 is 0 Å². The van der Waals surface area contributed by atoms with Gasteiger partial charge in [0.1, 0.15) is 5.60 Å². The SMILES string of the molecule is CC(C)(C)c1ccc(NC(=O)C2CCC3(C=C(c4ccccc4)NO3)CC2)cc1. The van der Waals surface area contributed by atoms with Gasteiger partial charge in [-0.3, -0.25) is 15.1 Å². The van der Waals surface area contributed by atoms with E-state index in [0.717, 1.165) is 42.6 Å². The summed E-state index contributed by atoms with van der Waals surface area (Å²) >= 11 is 0. The number of amides is 1. The van der Waals surface area contributed by atoms with Crippen molar-refractivity contribution in [2.45, 2.75) is 57.5 Å². The maximum Gasteiger partial charge on any atom is 0.227 e. The first-order valence-corrected chi connectivity index (χ1v) is 10.5. The molecular weight excluding hydrogens is 360 g/mol. The van der Waals surface area contributed by atoms with E-state index in [4.69, 9.17) is 4.84 Å². The maximum atomic E-state index is 12.8. The number of nitrogens with one attached hydrogen (secondary N) is 2. The molecule has 4 rings (SSSR count). The molecule has 0 unspecified atom stereocenters. The molecule has 0 aromatic heterocycles. The Morgan fingerprint density at radius 3 is 2.31 bits per heavy atom. The Morgan fingerprint density at radius 2 is 1.69 bits per heavy atom. The van der Waals surface area contributed by atoms with Crippen LogP contribution in [-0.4, -0.2) is 11.5 Å². The van der Waals surface area contributed by atoms with Crippen LogP contribution < -0.4 is 10.8 Å². The van der Waals surface area contributed by atoms with E-state index in [1.54, 1.807) is 0 Å². The second kappa shape index (κ2) is 7.68. The summed E-state index contributed by atoms with van der Waals surface area (Å²) in [5.41, 5.74) is 7.20. The zero-order valence-corrected chi connectivity index (χ0v) is 17.5. The highest BCUT2D eigenvalue weighted by Crippen LogP contribution is 2.40. The molecule has 0 saturated heterocycles. The average Bonchev–Trinajstić information content (AvgIpc) is 3.12. The van der Waals surface area contributed by atoms with Crippen LogP contribution in [0.5, 0.6) is 0 Å². The lowest BCUT2D eigenvalue weighted by atomic mass is 9.78. The molecule has 1 fully saturated rings. The molecular formula is C25H30N2O2. The summed E-state index contributed by atoms with van der Waals surface area (Å²) in [6, 6.07) is 18.4. The molecule has 4 heteroatoms. The van der Waals surface area contributed by atoms with E-state index in [1.165, 1.54) is 5.56 Å². The van der Waals surface area contributed by atoms with Gasteiger partial charge in [-0.2, -0.15) is 0 Å². The predicted octanol–water partition coefficient (Wildman–Crippen LogP) is 5.43. The third-order valence-electron chi connectivity index (χ3n) is 6.08. The van der Waals surface area contributed by atoms with E-state index in [0.29, 0.717) is 0 Å². The molecule has 0 atom stereocenters. The molecule has 1 saturated carbocycles. The van der Waals surface area contributed by atoms with Crippen LogP contribution in [0.15, 0.2) is 60.7 Å². The fourth-order valence-electron chi connectivity index (χ4n) is 4.15. The summed E-state index contributed by atoms with van der Waals surface area (Å²) in [7, 11) is 0. The number of carbonyl (C=O) groups is 1. The highest BCUT2D eigenvalue weighted by molar-refractivity contribution is 5.92. The van der Waals surface area contributed by atoms with Crippen LogP contribution in [0.2, 0.25) is 0 Å². The van der Waals surface area contributed by atoms with Crippen molar-refractivity contribution in [2.75, 3.05) is 5.32 Å². The molecule has 0 bridgehead atoms. The smallest absolute Gasteiger partial charge is 0.227 e. The van der Waals surface area contributed by atoms with Crippen LogP contribution in [0.3, 0.4) is 0 Å². The molecule has 1 aliphatic heterocycles. The van der Waals surface area contributed by atoms with Crippen molar-refractivity contribution in [1.29, 1.82) is 0 Å². The Morgan fingerprint density at radius 1 is 1.03 bits per heavy atom. The minimum atomic E-state index is -0.295. The van der Waals surface area contributed by atoms with Gasteiger partial charge >= 0.3 is 0 Å². The third kappa shape index (κ3) is 4.38. The molecule has 29 heavy (non-hydrogen) atoms. The van der Waals surface area contributed by atoms with E-state index in [9.17, 15) is 4.79 Å². The highest BCUT2D eigenvalue weighted by Gasteiger charge is 2.41.